The fraction of sp³-hybridized carbons (Fsp3) is 0.250. The molecule has 0 atom stereocenters. The van der Waals surface area contributed by atoms with Gasteiger partial charge in [-0.05, 0) is 6.07 Å². The maximum atomic E-state index is 13.0. The SMILES string of the molecule is COB(O)c1nn(C)c2ncc(F)cc12. The summed E-state index contributed by atoms with van der Waals surface area (Å²) < 4.78 is 19.2. The first kappa shape index (κ1) is 10.1. The molecule has 5 nitrogen and oxygen atoms in total. The summed E-state index contributed by atoms with van der Waals surface area (Å²) in [6.45, 7) is 0. The summed E-state index contributed by atoms with van der Waals surface area (Å²) in [4.78, 5) is 3.88. The number of fused-ring (bicyclic) bond motifs is 1. The van der Waals surface area contributed by atoms with Crippen LogP contribution in [0.5, 0.6) is 0 Å². The highest BCUT2D eigenvalue weighted by atomic mass is 19.1. The molecule has 2 heterocycles. The fourth-order valence-electron chi connectivity index (χ4n) is 1.44. The summed E-state index contributed by atoms with van der Waals surface area (Å²) in [6.07, 6.45) is 1.10. The van der Waals surface area contributed by atoms with E-state index in [1.807, 2.05) is 0 Å². The lowest BCUT2D eigenvalue weighted by Gasteiger charge is -1.98. The summed E-state index contributed by atoms with van der Waals surface area (Å²) >= 11 is 0. The maximum absolute atomic E-state index is 13.0. The quantitative estimate of drug-likeness (QED) is 0.673. The van der Waals surface area contributed by atoms with Gasteiger partial charge >= 0.3 is 7.12 Å². The van der Waals surface area contributed by atoms with Gasteiger partial charge in [0.25, 0.3) is 0 Å². The van der Waals surface area contributed by atoms with Crippen LogP contribution in [0.25, 0.3) is 11.0 Å². The van der Waals surface area contributed by atoms with E-state index >= 15 is 0 Å². The molecule has 0 unspecified atom stereocenters. The van der Waals surface area contributed by atoms with Crippen molar-refractivity contribution in [2.45, 2.75) is 0 Å². The van der Waals surface area contributed by atoms with Gasteiger partial charge in [0.15, 0.2) is 5.65 Å². The van der Waals surface area contributed by atoms with Crippen LogP contribution < -0.4 is 5.59 Å². The van der Waals surface area contributed by atoms with Gasteiger partial charge in [0, 0.05) is 19.5 Å². The van der Waals surface area contributed by atoms with Crippen LogP contribution in [-0.2, 0) is 11.7 Å². The molecular weight excluding hydrogens is 200 g/mol. The van der Waals surface area contributed by atoms with E-state index in [0.29, 0.717) is 11.0 Å². The third kappa shape index (κ3) is 1.59. The summed E-state index contributed by atoms with van der Waals surface area (Å²) in [5.41, 5.74) is 0.768. The average molecular weight is 209 g/mol. The first-order valence-corrected chi connectivity index (χ1v) is 4.32. The van der Waals surface area contributed by atoms with Crippen LogP contribution in [0.4, 0.5) is 4.39 Å². The van der Waals surface area contributed by atoms with Gasteiger partial charge in [-0.3, -0.25) is 4.68 Å². The van der Waals surface area contributed by atoms with Gasteiger partial charge in [0.2, 0.25) is 0 Å². The Morgan fingerprint density at radius 2 is 2.33 bits per heavy atom. The van der Waals surface area contributed by atoms with E-state index in [2.05, 4.69) is 10.1 Å². The lowest BCUT2D eigenvalue weighted by molar-refractivity contribution is 0.340. The smallest absolute Gasteiger partial charge is 0.422 e. The van der Waals surface area contributed by atoms with Gasteiger partial charge < -0.3 is 9.68 Å². The molecule has 0 aromatic carbocycles. The van der Waals surface area contributed by atoms with Crippen LogP contribution in [0.1, 0.15) is 0 Å². The molecule has 0 fully saturated rings. The highest BCUT2D eigenvalue weighted by Crippen LogP contribution is 2.09. The number of halogens is 1. The van der Waals surface area contributed by atoms with Crippen molar-refractivity contribution in [2.75, 3.05) is 7.11 Å². The molecule has 0 radical (unpaired) electrons. The van der Waals surface area contributed by atoms with E-state index < -0.39 is 12.9 Å². The van der Waals surface area contributed by atoms with Gasteiger partial charge in [-0.2, -0.15) is 5.10 Å². The Morgan fingerprint density at radius 3 is 3.00 bits per heavy atom. The Kier molecular flexibility index (Phi) is 2.41. The van der Waals surface area contributed by atoms with Gasteiger partial charge in [0.05, 0.1) is 6.20 Å². The molecule has 0 saturated heterocycles. The molecule has 0 aliphatic rings. The molecule has 0 aliphatic carbocycles. The predicted molar refractivity (Wildman–Crippen MR) is 53.1 cm³/mol. The van der Waals surface area contributed by atoms with Crippen molar-refractivity contribution >= 4 is 23.7 Å². The molecule has 2 aromatic rings. The third-order valence-electron chi connectivity index (χ3n) is 2.13. The normalized spacial score (nSPS) is 10.9. The lowest BCUT2D eigenvalue weighted by atomic mass is 9.83. The number of rotatable bonds is 2. The Bertz CT molecular complexity index is 502. The largest absolute Gasteiger partial charge is 0.513 e. The average Bonchev–Trinajstić information content (AvgIpc) is 2.54. The number of hydrogen-bond acceptors (Lipinski definition) is 4. The fourth-order valence-corrected chi connectivity index (χ4v) is 1.44. The maximum Gasteiger partial charge on any atom is 0.513 e. The van der Waals surface area contributed by atoms with Crippen LogP contribution in [0.2, 0.25) is 0 Å². The zero-order valence-electron chi connectivity index (χ0n) is 8.31. The van der Waals surface area contributed by atoms with Gasteiger partial charge in [-0.1, -0.05) is 0 Å². The molecule has 78 valence electrons. The van der Waals surface area contributed by atoms with Crippen LogP contribution in [-0.4, -0.2) is 34.0 Å². The van der Waals surface area contributed by atoms with E-state index in [1.165, 1.54) is 17.9 Å². The molecule has 2 rings (SSSR count). The second-order valence-electron chi connectivity index (χ2n) is 3.12. The molecular formula is C8H9BFN3O2. The third-order valence-corrected chi connectivity index (χ3v) is 2.13. The van der Waals surface area contributed by atoms with E-state index in [4.69, 9.17) is 4.65 Å². The Labute approximate surface area is 85.6 Å². The molecule has 0 bridgehead atoms. The minimum Gasteiger partial charge on any atom is -0.422 e. The summed E-state index contributed by atoms with van der Waals surface area (Å²) in [6, 6.07) is 1.27. The van der Waals surface area contributed by atoms with Crippen molar-refractivity contribution < 1.29 is 14.1 Å². The number of aryl methyl sites for hydroxylation is 1. The van der Waals surface area contributed by atoms with Crippen molar-refractivity contribution in [3.63, 3.8) is 0 Å². The molecule has 0 spiro atoms. The van der Waals surface area contributed by atoms with Crippen LogP contribution in [0.3, 0.4) is 0 Å². The standard InChI is InChI=1S/C8H9BFN3O2/c1-13-8-6(3-5(10)4-11-8)7(12-13)9(14)15-2/h3-4,14H,1-2H3. The highest BCUT2D eigenvalue weighted by Gasteiger charge is 2.23. The zero-order valence-corrected chi connectivity index (χ0v) is 8.31. The van der Waals surface area contributed by atoms with Gasteiger partial charge in [-0.15, -0.1) is 0 Å². The van der Waals surface area contributed by atoms with Crippen LogP contribution in [0.15, 0.2) is 12.3 Å². The van der Waals surface area contributed by atoms with Gasteiger partial charge in [0.1, 0.15) is 11.4 Å². The van der Waals surface area contributed by atoms with Crippen molar-refractivity contribution in [3.05, 3.63) is 18.1 Å². The number of nitrogens with zero attached hydrogens (tertiary/aromatic N) is 3. The highest BCUT2D eigenvalue weighted by molar-refractivity contribution is 6.62. The number of aromatic nitrogens is 3. The summed E-state index contributed by atoms with van der Waals surface area (Å²) in [5.74, 6) is -0.472. The molecule has 0 amide bonds. The first-order valence-electron chi connectivity index (χ1n) is 4.32. The van der Waals surface area contributed by atoms with Crippen molar-refractivity contribution in [3.8, 4) is 0 Å². The van der Waals surface area contributed by atoms with E-state index in [9.17, 15) is 9.41 Å². The number of pyridine rings is 1. The van der Waals surface area contributed by atoms with Gasteiger partial charge in [-0.25, -0.2) is 9.37 Å². The monoisotopic (exact) mass is 209 g/mol. The van der Waals surface area contributed by atoms with Crippen molar-refractivity contribution in [2.24, 2.45) is 7.05 Å². The number of hydrogen-bond donors (Lipinski definition) is 1. The molecule has 1 N–H and O–H groups in total. The second-order valence-corrected chi connectivity index (χ2v) is 3.12. The summed E-state index contributed by atoms with van der Waals surface area (Å²) in [5, 5.41) is 13.9. The lowest BCUT2D eigenvalue weighted by Crippen LogP contribution is -2.34. The zero-order chi connectivity index (χ0) is 11.0. The molecule has 15 heavy (non-hydrogen) atoms. The molecule has 2 aromatic heterocycles. The molecule has 7 heteroatoms. The van der Waals surface area contributed by atoms with Crippen LogP contribution in [0, 0.1) is 5.82 Å². The molecule has 0 saturated carbocycles. The topological polar surface area (TPSA) is 60.2 Å². The Morgan fingerprint density at radius 1 is 1.60 bits per heavy atom. The van der Waals surface area contributed by atoms with Crippen molar-refractivity contribution in [1.29, 1.82) is 0 Å². The minimum atomic E-state index is -1.17. The predicted octanol–water partition coefficient (Wildman–Crippen LogP) is -0.559. The Hall–Kier alpha value is -1.47. The van der Waals surface area contributed by atoms with E-state index in [-0.39, 0.29) is 5.59 Å². The van der Waals surface area contributed by atoms with Crippen molar-refractivity contribution in [1.82, 2.24) is 14.8 Å². The minimum absolute atomic E-state index is 0.266. The summed E-state index contributed by atoms with van der Waals surface area (Å²) in [7, 11) is 1.84. The molecule has 0 aliphatic heterocycles. The van der Waals surface area contributed by atoms with E-state index in [1.54, 1.807) is 7.05 Å². The Balaban J connectivity index is 2.69. The first-order chi connectivity index (χ1) is 7.13. The van der Waals surface area contributed by atoms with E-state index in [0.717, 1.165) is 6.20 Å². The second kappa shape index (κ2) is 3.60. The van der Waals surface area contributed by atoms with Crippen LogP contribution >= 0.6 is 0 Å².